The van der Waals surface area contributed by atoms with E-state index in [9.17, 15) is 4.79 Å². The van der Waals surface area contributed by atoms with Gasteiger partial charge in [0.05, 0.1) is 7.11 Å². The average molecular weight is 179 g/mol. The monoisotopic (exact) mass is 179 g/mol. The molecule has 1 N–H and O–H groups in total. The predicted octanol–water partition coefficient (Wildman–Crippen LogP) is 0.654. The maximum absolute atomic E-state index is 11.3. The molecule has 0 atom stereocenters. The molecule has 1 radical (unpaired) electrons. The molecule has 1 rings (SSSR count). The predicted molar refractivity (Wildman–Crippen MR) is 48.5 cm³/mol. The Bertz CT molecular complexity index is 299. The molecular formula is C9H11N2O2. The molecule has 0 bridgehead atoms. The summed E-state index contributed by atoms with van der Waals surface area (Å²) in [6, 6.07) is 3.19. The highest BCUT2D eigenvalue weighted by Gasteiger charge is 2.04. The van der Waals surface area contributed by atoms with E-state index in [1.54, 1.807) is 12.1 Å². The van der Waals surface area contributed by atoms with Crippen molar-refractivity contribution in [2.75, 3.05) is 13.7 Å². The third-order valence-electron chi connectivity index (χ3n) is 1.49. The van der Waals surface area contributed by atoms with E-state index in [0.717, 1.165) is 0 Å². The molecule has 0 aromatic carbocycles. The molecule has 0 aliphatic carbocycles. The minimum Gasteiger partial charge on any atom is -0.481 e. The van der Waals surface area contributed by atoms with Crippen molar-refractivity contribution in [1.29, 1.82) is 0 Å². The summed E-state index contributed by atoms with van der Waals surface area (Å²) in [6.07, 6.45) is 1.52. The van der Waals surface area contributed by atoms with Crippen molar-refractivity contribution in [3.8, 4) is 5.88 Å². The number of amides is 1. The summed E-state index contributed by atoms with van der Waals surface area (Å²) >= 11 is 0. The van der Waals surface area contributed by atoms with Gasteiger partial charge in [-0.15, -0.1) is 0 Å². The largest absolute Gasteiger partial charge is 0.481 e. The molecular weight excluding hydrogens is 168 g/mol. The zero-order valence-corrected chi connectivity index (χ0v) is 7.41. The van der Waals surface area contributed by atoms with Gasteiger partial charge in [-0.1, -0.05) is 0 Å². The minimum atomic E-state index is -0.171. The first kappa shape index (κ1) is 9.51. The van der Waals surface area contributed by atoms with Crippen LogP contribution in [0.3, 0.4) is 0 Å². The summed E-state index contributed by atoms with van der Waals surface area (Å²) in [5, 5.41) is 2.58. The molecule has 1 amide bonds. The van der Waals surface area contributed by atoms with Gasteiger partial charge in [0.2, 0.25) is 5.88 Å². The van der Waals surface area contributed by atoms with Crippen LogP contribution in [0.5, 0.6) is 5.88 Å². The maximum atomic E-state index is 11.3. The van der Waals surface area contributed by atoms with E-state index in [2.05, 4.69) is 17.2 Å². The molecule has 1 heterocycles. The number of ether oxygens (including phenoxy) is 1. The van der Waals surface area contributed by atoms with Crippen LogP contribution in [0.15, 0.2) is 18.3 Å². The topological polar surface area (TPSA) is 51.2 Å². The van der Waals surface area contributed by atoms with Crippen LogP contribution in [-0.4, -0.2) is 24.5 Å². The van der Waals surface area contributed by atoms with Crippen LogP contribution < -0.4 is 10.1 Å². The first-order chi connectivity index (χ1) is 6.27. The molecule has 0 aliphatic rings. The second-order valence-corrected chi connectivity index (χ2v) is 2.34. The van der Waals surface area contributed by atoms with Crippen LogP contribution in [0, 0.1) is 6.92 Å². The van der Waals surface area contributed by atoms with Gasteiger partial charge >= 0.3 is 0 Å². The lowest BCUT2D eigenvalue weighted by Gasteiger charge is -2.02. The normalized spacial score (nSPS) is 9.38. The van der Waals surface area contributed by atoms with E-state index in [1.807, 2.05) is 0 Å². The Balaban J connectivity index is 2.82. The lowest BCUT2D eigenvalue weighted by molar-refractivity contribution is 0.0957. The summed E-state index contributed by atoms with van der Waals surface area (Å²) < 4.78 is 4.88. The molecule has 0 unspecified atom stereocenters. The lowest BCUT2D eigenvalue weighted by atomic mass is 10.2. The second-order valence-electron chi connectivity index (χ2n) is 2.34. The summed E-state index contributed by atoms with van der Waals surface area (Å²) in [6.45, 7) is 3.88. The maximum Gasteiger partial charge on any atom is 0.251 e. The van der Waals surface area contributed by atoms with Crippen molar-refractivity contribution < 1.29 is 9.53 Å². The van der Waals surface area contributed by atoms with Gasteiger partial charge in [0.15, 0.2) is 0 Å². The molecule has 0 saturated heterocycles. The van der Waals surface area contributed by atoms with Crippen molar-refractivity contribution in [2.24, 2.45) is 0 Å². The van der Waals surface area contributed by atoms with Crippen LogP contribution in [0.1, 0.15) is 10.4 Å². The molecule has 0 saturated carbocycles. The van der Waals surface area contributed by atoms with E-state index >= 15 is 0 Å². The Morgan fingerprint density at radius 3 is 3.15 bits per heavy atom. The van der Waals surface area contributed by atoms with Crippen LogP contribution >= 0.6 is 0 Å². The number of aromatic nitrogens is 1. The number of pyridine rings is 1. The molecule has 69 valence electrons. The van der Waals surface area contributed by atoms with Gasteiger partial charge in [-0.05, 0) is 13.0 Å². The van der Waals surface area contributed by atoms with E-state index in [4.69, 9.17) is 4.74 Å². The van der Waals surface area contributed by atoms with Gasteiger partial charge in [0.1, 0.15) is 0 Å². The molecule has 0 aliphatic heterocycles. The number of carbonyl (C=O) groups excluding carboxylic acids is 1. The number of carbonyl (C=O) groups is 1. The molecule has 4 heteroatoms. The Morgan fingerprint density at radius 2 is 2.54 bits per heavy atom. The molecule has 0 fully saturated rings. The molecule has 0 spiro atoms. The zero-order chi connectivity index (χ0) is 9.68. The second kappa shape index (κ2) is 4.45. The minimum absolute atomic E-state index is 0.171. The van der Waals surface area contributed by atoms with E-state index in [-0.39, 0.29) is 5.91 Å². The highest BCUT2D eigenvalue weighted by molar-refractivity contribution is 5.94. The molecule has 1 aromatic heterocycles. The Hall–Kier alpha value is -1.58. The van der Waals surface area contributed by atoms with Gasteiger partial charge in [0.25, 0.3) is 5.91 Å². The number of methoxy groups -OCH3 is 1. The number of hydrogen-bond acceptors (Lipinski definition) is 3. The summed E-state index contributed by atoms with van der Waals surface area (Å²) in [5.74, 6) is 0.257. The van der Waals surface area contributed by atoms with Crippen molar-refractivity contribution in [1.82, 2.24) is 10.3 Å². The molecule has 13 heavy (non-hydrogen) atoms. The highest BCUT2D eigenvalue weighted by Crippen LogP contribution is 2.07. The van der Waals surface area contributed by atoms with Crippen LogP contribution in [0.2, 0.25) is 0 Å². The number of nitrogens with one attached hydrogen (secondary N) is 1. The van der Waals surface area contributed by atoms with Crippen LogP contribution in [-0.2, 0) is 0 Å². The first-order valence-corrected chi connectivity index (χ1v) is 3.85. The zero-order valence-electron chi connectivity index (χ0n) is 7.41. The lowest BCUT2D eigenvalue weighted by Crippen LogP contribution is -2.22. The third kappa shape index (κ3) is 2.43. The van der Waals surface area contributed by atoms with Crippen molar-refractivity contribution >= 4 is 5.91 Å². The van der Waals surface area contributed by atoms with Gasteiger partial charge in [-0.3, -0.25) is 4.79 Å². The fourth-order valence-electron chi connectivity index (χ4n) is 0.878. The van der Waals surface area contributed by atoms with Crippen LogP contribution in [0.4, 0.5) is 0 Å². The van der Waals surface area contributed by atoms with Gasteiger partial charge in [-0.2, -0.15) is 0 Å². The van der Waals surface area contributed by atoms with Crippen molar-refractivity contribution in [3.05, 3.63) is 30.8 Å². The van der Waals surface area contributed by atoms with Crippen LogP contribution in [0.25, 0.3) is 0 Å². The fraction of sp³-hybridized carbons (Fsp3) is 0.222. The fourth-order valence-corrected chi connectivity index (χ4v) is 0.878. The molecule has 4 nitrogen and oxygen atoms in total. The molecule has 1 aromatic rings. The van der Waals surface area contributed by atoms with Gasteiger partial charge < -0.3 is 10.1 Å². The quantitative estimate of drug-likeness (QED) is 0.741. The number of hydrogen-bond donors (Lipinski definition) is 1. The van der Waals surface area contributed by atoms with Crippen molar-refractivity contribution in [3.63, 3.8) is 0 Å². The van der Waals surface area contributed by atoms with Gasteiger partial charge in [0, 0.05) is 24.4 Å². The number of nitrogens with zero attached hydrogens (tertiary/aromatic N) is 1. The summed E-state index contributed by atoms with van der Waals surface area (Å²) in [4.78, 5) is 15.2. The SMILES string of the molecule is [CH2]CNC(=O)c1ccnc(OC)c1. The third-order valence-corrected chi connectivity index (χ3v) is 1.49. The Morgan fingerprint density at radius 1 is 1.77 bits per heavy atom. The number of rotatable bonds is 3. The van der Waals surface area contributed by atoms with Gasteiger partial charge in [-0.25, -0.2) is 4.98 Å². The van der Waals surface area contributed by atoms with E-state index in [0.29, 0.717) is 18.0 Å². The Labute approximate surface area is 76.9 Å². The van der Waals surface area contributed by atoms with E-state index in [1.165, 1.54) is 13.3 Å². The van der Waals surface area contributed by atoms with E-state index < -0.39 is 0 Å². The standard InChI is InChI=1S/C9H11N2O2/c1-3-10-9(12)7-4-5-11-8(6-7)13-2/h4-6H,1,3H2,2H3,(H,10,12). The smallest absolute Gasteiger partial charge is 0.251 e. The highest BCUT2D eigenvalue weighted by atomic mass is 16.5. The summed E-state index contributed by atoms with van der Waals surface area (Å²) in [5.41, 5.74) is 0.524. The van der Waals surface area contributed by atoms with Crippen molar-refractivity contribution in [2.45, 2.75) is 0 Å². The summed E-state index contributed by atoms with van der Waals surface area (Å²) in [7, 11) is 1.51. The Kier molecular flexibility index (Phi) is 3.25. The first-order valence-electron chi connectivity index (χ1n) is 3.85. The average Bonchev–Trinajstić information content (AvgIpc) is 2.18.